The summed E-state index contributed by atoms with van der Waals surface area (Å²) in [7, 11) is -3.47. The normalized spacial score (nSPS) is 19.9. The number of hydrogen-bond donors (Lipinski definition) is 1. The summed E-state index contributed by atoms with van der Waals surface area (Å²) >= 11 is 0. The van der Waals surface area contributed by atoms with Crippen LogP contribution in [-0.2, 0) is 16.6 Å². The van der Waals surface area contributed by atoms with Crippen LogP contribution in [0, 0.1) is 5.92 Å². The van der Waals surface area contributed by atoms with Gasteiger partial charge in [-0.2, -0.15) is 4.31 Å². The molecule has 0 amide bonds. The first-order valence-corrected chi connectivity index (χ1v) is 8.79. The van der Waals surface area contributed by atoms with Crippen molar-refractivity contribution in [2.75, 3.05) is 19.7 Å². The van der Waals surface area contributed by atoms with Crippen molar-refractivity contribution in [3.05, 3.63) is 23.8 Å². The average molecular weight is 313 g/mol. The van der Waals surface area contributed by atoms with Crippen molar-refractivity contribution < 1.29 is 18.3 Å². The van der Waals surface area contributed by atoms with E-state index in [1.165, 1.54) is 10.4 Å². The molecule has 1 aromatic carbocycles. The number of nitrogens with zero attached hydrogens (tertiary/aromatic N) is 1. The van der Waals surface area contributed by atoms with Gasteiger partial charge in [0.15, 0.2) is 0 Å². The molecule has 21 heavy (non-hydrogen) atoms. The minimum Gasteiger partial charge on any atom is -0.493 e. The third kappa shape index (κ3) is 3.56. The van der Waals surface area contributed by atoms with Crippen molar-refractivity contribution in [2.24, 2.45) is 5.92 Å². The molecule has 1 fully saturated rings. The standard InChI is InChI=1S/C15H23NO4S/c1-3-8-20-15-5-4-14(9-13(15)11-17)21(18,19)16-7-6-12(2)10-16/h4-5,9,12,17H,3,6-8,10-11H2,1-2H3. The van der Waals surface area contributed by atoms with Crippen molar-refractivity contribution >= 4 is 10.0 Å². The van der Waals surface area contributed by atoms with Crippen molar-refractivity contribution in [2.45, 2.75) is 38.2 Å². The highest BCUT2D eigenvalue weighted by Gasteiger charge is 2.30. The van der Waals surface area contributed by atoms with Crippen molar-refractivity contribution in [1.29, 1.82) is 0 Å². The molecule has 2 rings (SSSR count). The Kier molecular flexibility index (Phi) is 5.24. The highest BCUT2D eigenvalue weighted by Crippen LogP contribution is 2.28. The first-order chi connectivity index (χ1) is 9.98. The Labute approximate surface area is 126 Å². The molecule has 1 saturated heterocycles. The topological polar surface area (TPSA) is 66.8 Å². The molecule has 118 valence electrons. The van der Waals surface area contributed by atoms with E-state index in [-0.39, 0.29) is 11.5 Å². The zero-order valence-electron chi connectivity index (χ0n) is 12.6. The van der Waals surface area contributed by atoms with E-state index in [0.29, 0.717) is 36.9 Å². The molecule has 1 aromatic rings. The maximum atomic E-state index is 12.6. The van der Waals surface area contributed by atoms with E-state index in [1.807, 2.05) is 6.92 Å². The maximum Gasteiger partial charge on any atom is 0.243 e. The quantitative estimate of drug-likeness (QED) is 0.872. The fourth-order valence-corrected chi connectivity index (χ4v) is 4.08. The number of ether oxygens (including phenoxy) is 1. The number of rotatable bonds is 6. The van der Waals surface area contributed by atoms with Crippen LogP contribution in [0.1, 0.15) is 32.3 Å². The van der Waals surface area contributed by atoms with Gasteiger partial charge in [-0.25, -0.2) is 8.42 Å². The molecular formula is C15H23NO4S. The molecule has 5 nitrogen and oxygen atoms in total. The summed E-state index contributed by atoms with van der Waals surface area (Å²) in [5.41, 5.74) is 0.511. The molecule has 6 heteroatoms. The lowest BCUT2D eigenvalue weighted by Crippen LogP contribution is -2.28. The van der Waals surface area contributed by atoms with Gasteiger partial charge in [0.2, 0.25) is 10.0 Å². The Morgan fingerprint density at radius 1 is 1.43 bits per heavy atom. The van der Waals surface area contributed by atoms with Crippen LogP contribution < -0.4 is 4.74 Å². The van der Waals surface area contributed by atoms with Gasteiger partial charge >= 0.3 is 0 Å². The first-order valence-electron chi connectivity index (χ1n) is 7.35. The van der Waals surface area contributed by atoms with Crippen LogP contribution in [0.15, 0.2) is 23.1 Å². The van der Waals surface area contributed by atoms with E-state index in [4.69, 9.17) is 4.74 Å². The van der Waals surface area contributed by atoms with Crippen LogP contribution in [0.5, 0.6) is 5.75 Å². The highest BCUT2D eigenvalue weighted by molar-refractivity contribution is 7.89. The molecular weight excluding hydrogens is 290 g/mol. The summed E-state index contributed by atoms with van der Waals surface area (Å²) in [6, 6.07) is 4.71. The lowest BCUT2D eigenvalue weighted by Gasteiger charge is -2.17. The monoisotopic (exact) mass is 313 g/mol. The Hall–Kier alpha value is -1.11. The van der Waals surface area contributed by atoms with E-state index < -0.39 is 10.0 Å². The van der Waals surface area contributed by atoms with Crippen molar-refractivity contribution in [3.8, 4) is 5.75 Å². The van der Waals surface area contributed by atoms with Gasteiger partial charge in [-0.1, -0.05) is 13.8 Å². The second-order valence-corrected chi connectivity index (χ2v) is 7.47. The molecule has 0 aliphatic carbocycles. The van der Waals surface area contributed by atoms with Crippen LogP contribution in [-0.4, -0.2) is 37.5 Å². The fraction of sp³-hybridized carbons (Fsp3) is 0.600. The molecule has 1 aliphatic heterocycles. The minimum absolute atomic E-state index is 0.226. The summed E-state index contributed by atoms with van der Waals surface area (Å²) in [6.07, 6.45) is 1.75. The van der Waals surface area contributed by atoms with E-state index in [1.54, 1.807) is 12.1 Å². The molecule has 1 aliphatic rings. The third-order valence-corrected chi connectivity index (χ3v) is 5.55. The largest absolute Gasteiger partial charge is 0.493 e. The summed E-state index contributed by atoms with van der Waals surface area (Å²) in [4.78, 5) is 0.226. The van der Waals surface area contributed by atoms with Gasteiger partial charge in [0, 0.05) is 18.7 Å². The molecule has 1 atom stereocenters. The summed E-state index contributed by atoms with van der Waals surface area (Å²) in [6.45, 7) is 5.47. The molecule has 1 N–H and O–H groups in total. The van der Waals surface area contributed by atoms with Gasteiger partial charge in [0.1, 0.15) is 5.75 Å². The summed E-state index contributed by atoms with van der Waals surface area (Å²) < 4.78 is 32.2. The van der Waals surface area contributed by atoms with Gasteiger partial charge in [0.25, 0.3) is 0 Å². The van der Waals surface area contributed by atoms with Gasteiger partial charge in [-0.05, 0) is 37.0 Å². The van der Waals surface area contributed by atoms with Gasteiger partial charge in [-0.15, -0.1) is 0 Å². The minimum atomic E-state index is -3.47. The number of hydrogen-bond acceptors (Lipinski definition) is 4. The molecule has 0 spiro atoms. The second-order valence-electron chi connectivity index (χ2n) is 5.53. The Morgan fingerprint density at radius 2 is 2.19 bits per heavy atom. The second kappa shape index (κ2) is 6.77. The first kappa shape index (κ1) is 16.3. The fourth-order valence-electron chi connectivity index (χ4n) is 2.45. The van der Waals surface area contributed by atoms with E-state index >= 15 is 0 Å². The molecule has 1 heterocycles. The predicted molar refractivity (Wildman–Crippen MR) is 80.7 cm³/mol. The van der Waals surface area contributed by atoms with Crippen molar-refractivity contribution in [1.82, 2.24) is 4.31 Å². The molecule has 0 aromatic heterocycles. The Bertz CT molecular complexity index is 585. The predicted octanol–water partition coefficient (Wildman–Crippen LogP) is 2.00. The highest BCUT2D eigenvalue weighted by atomic mass is 32.2. The van der Waals surface area contributed by atoms with Crippen LogP contribution >= 0.6 is 0 Å². The molecule has 0 radical (unpaired) electrons. The zero-order valence-corrected chi connectivity index (χ0v) is 13.4. The number of sulfonamides is 1. The average Bonchev–Trinajstić information content (AvgIpc) is 2.92. The van der Waals surface area contributed by atoms with E-state index in [0.717, 1.165) is 12.8 Å². The van der Waals surface area contributed by atoms with E-state index in [2.05, 4.69) is 6.92 Å². The SMILES string of the molecule is CCCOc1ccc(S(=O)(=O)N2CCC(C)C2)cc1CO. The Morgan fingerprint density at radius 3 is 2.76 bits per heavy atom. The zero-order chi connectivity index (χ0) is 15.5. The van der Waals surface area contributed by atoms with E-state index in [9.17, 15) is 13.5 Å². The smallest absolute Gasteiger partial charge is 0.243 e. The van der Waals surface area contributed by atoms with Crippen molar-refractivity contribution in [3.63, 3.8) is 0 Å². The number of aliphatic hydroxyl groups excluding tert-OH is 1. The van der Waals surface area contributed by atoms with Gasteiger partial charge < -0.3 is 9.84 Å². The molecule has 0 bridgehead atoms. The van der Waals surface area contributed by atoms with Crippen LogP contribution in [0.2, 0.25) is 0 Å². The summed E-state index contributed by atoms with van der Waals surface area (Å²) in [5, 5.41) is 9.43. The van der Waals surface area contributed by atoms with Gasteiger partial charge in [-0.3, -0.25) is 0 Å². The number of aliphatic hydroxyl groups is 1. The summed E-state index contributed by atoms with van der Waals surface area (Å²) in [5.74, 6) is 0.942. The lowest BCUT2D eigenvalue weighted by atomic mass is 10.2. The van der Waals surface area contributed by atoms with Crippen LogP contribution in [0.3, 0.4) is 0 Å². The third-order valence-electron chi connectivity index (χ3n) is 3.69. The maximum absolute atomic E-state index is 12.6. The molecule has 1 unspecified atom stereocenters. The Balaban J connectivity index is 2.27. The van der Waals surface area contributed by atoms with Crippen LogP contribution in [0.4, 0.5) is 0 Å². The van der Waals surface area contributed by atoms with Gasteiger partial charge in [0.05, 0.1) is 18.1 Å². The number of benzene rings is 1. The lowest BCUT2D eigenvalue weighted by molar-refractivity contribution is 0.262. The molecule has 0 saturated carbocycles. The van der Waals surface area contributed by atoms with Crippen LogP contribution in [0.25, 0.3) is 0 Å².